The Morgan fingerprint density at radius 2 is 1.56 bits per heavy atom. The topological polar surface area (TPSA) is 12.5 Å². The van der Waals surface area contributed by atoms with Crippen LogP contribution in [-0.4, -0.2) is 12.0 Å². The first-order chi connectivity index (χ1) is 8.85. The third-order valence-corrected chi connectivity index (χ3v) is 3.47. The van der Waals surface area contributed by atoms with Crippen LogP contribution in [0, 0.1) is 0 Å². The van der Waals surface area contributed by atoms with Gasteiger partial charge in [0.25, 0.3) is 0 Å². The minimum atomic E-state index is 0.920. The van der Waals surface area contributed by atoms with Crippen molar-refractivity contribution in [2.45, 2.75) is 19.6 Å². The summed E-state index contributed by atoms with van der Waals surface area (Å²) in [5.74, 6) is 0.920. The number of hydrogen-bond donors (Lipinski definition) is 0. The van der Waals surface area contributed by atoms with Crippen molar-refractivity contribution in [3.63, 3.8) is 0 Å². The van der Waals surface area contributed by atoms with Gasteiger partial charge < -0.3 is 4.74 Å². The van der Waals surface area contributed by atoms with E-state index in [0.717, 1.165) is 25.4 Å². The quantitative estimate of drug-likeness (QED) is 0.815. The summed E-state index contributed by atoms with van der Waals surface area (Å²) in [6.45, 7) is 3.11. The second kappa shape index (κ2) is 4.83. The maximum Gasteiger partial charge on any atom is 0.118 e. The van der Waals surface area contributed by atoms with Gasteiger partial charge in [-0.25, -0.2) is 0 Å². The Morgan fingerprint density at radius 3 is 2.11 bits per heavy atom. The smallest absolute Gasteiger partial charge is 0.118 e. The van der Waals surface area contributed by atoms with Gasteiger partial charge in [0.15, 0.2) is 0 Å². The molecule has 0 spiro atoms. The third-order valence-electron chi connectivity index (χ3n) is 3.47. The summed E-state index contributed by atoms with van der Waals surface area (Å²) < 4.78 is 5.18. The molecule has 0 N–H and O–H groups in total. The monoisotopic (exact) mass is 239 g/mol. The first kappa shape index (κ1) is 11.3. The lowest BCUT2D eigenvalue weighted by molar-refractivity contribution is 0.275. The third kappa shape index (κ3) is 2.24. The van der Waals surface area contributed by atoms with Gasteiger partial charge >= 0.3 is 0 Å². The molecule has 0 atom stereocenters. The first-order valence-corrected chi connectivity index (χ1v) is 6.27. The highest BCUT2D eigenvalue weighted by molar-refractivity contribution is 5.31. The molecule has 0 saturated carbocycles. The Morgan fingerprint density at radius 1 is 0.944 bits per heavy atom. The number of nitrogens with zero attached hydrogens (tertiary/aromatic N) is 1. The van der Waals surface area contributed by atoms with Crippen molar-refractivity contribution >= 4 is 0 Å². The number of ether oxygens (including phenoxy) is 1. The lowest BCUT2D eigenvalue weighted by atomic mass is 10.1. The van der Waals surface area contributed by atoms with Crippen LogP contribution in [0.15, 0.2) is 48.5 Å². The van der Waals surface area contributed by atoms with Crippen molar-refractivity contribution in [1.82, 2.24) is 4.90 Å². The van der Waals surface area contributed by atoms with Gasteiger partial charge in [0.1, 0.15) is 5.75 Å². The first-order valence-electron chi connectivity index (χ1n) is 6.27. The highest BCUT2D eigenvalue weighted by atomic mass is 16.5. The van der Waals surface area contributed by atoms with Gasteiger partial charge in [-0.15, -0.1) is 0 Å². The van der Waals surface area contributed by atoms with Crippen molar-refractivity contribution in [2.75, 3.05) is 7.11 Å². The van der Waals surface area contributed by atoms with Crippen molar-refractivity contribution in [1.29, 1.82) is 0 Å². The summed E-state index contributed by atoms with van der Waals surface area (Å²) in [4.78, 5) is 2.46. The summed E-state index contributed by atoms with van der Waals surface area (Å²) in [5, 5.41) is 0. The fourth-order valence-electron chi connectivity index (χ4n) is 2.50. The average molecular weight is 239 g/mol. The van der Waals surface area contributed by atoms with E-state index in [1.54, 1.807) is 7.11 Å². The van der Waals surface area contributed by atoms with Crippen LogP contribution in [0.3, 0.4) is 0 Å². The van der Waals surface area contributed by atoms with Crippen molar-refractivity contribution < 1.29 is 4.74 Å². The minimum Gasteiger partial charge on any atom is -0.497 e. The largest absolute Gasteiger partial charge is 0.497 e. The molecular formula is C16H17NO. The molecule has 1 heterocycles. The summed E-state index contributed by atoms with van der Waals surface area (Å²) in [5.41, 5.74) is 4.26. The fraction of sp³-hybridized carbons (Fsp3) is 0.250. The molecule has 0 aliphatic carbocycles. The van der Waals surface area contributed by atoms with E-state index in [1.165, 1.54) is 16.7 Å². The number of fused-ring (bicyclic) bond motifs is 1. The van der Waals surface area contributed by atoms with E-state index in [0.29, 0.717) is 0 Å². The summed E-state index contributed by atoms with van der Waals surface area (Å²) in [6, 6.07) is 17.0. The van der Waals surface area contributed by atoms with Gasteiger partial charge in [-0.05, 0) is 28.8 Å². The van der Waals surface area contributed by atoms with Crippen LogP contribution in [0.1, 0.15) is 16.7 Å². The molecule has 0 saturated heterocycles. The predicted molar refractivity (Wildman–Crippen MR) is 72.4 cm³/mol. The van der Waals surface area contributed by atoms with Crippen molar-refractivity contribution in [3.8, 4) is 5.75 Å². The van der Waals surface area contributed by atoms with E-state index in [4.69, 9.17) is 4.74 Å². The fourth-order valence-corrected chi connectivity index (χ4v) is 2.50. The van der Waals surface area contributed by atoms with E-state index in [2.05, 4.69) is 41.3 Å². The Hall–Kier alpha value is -1.80. The number of rotatable bonds is 3. The molecule has 0 bridgehead atoms. The molecule has 2 aromatic rings. The standard InChI is InChI=1S/C16H17NO/c1-18-16-8-6-13(7-9-16)10-17-11-14-4-2-3-5-15(14)12-17/h2-9H,10-12H2,1H3. The van der Waals surface area contributed by atoms with E-state index in [-0.39, 0.29) is 0 Å². The maximum absolute atomic E-state index is 5.18. The van der Waals surface area contributed by atoms with E-state index in [1.807, 2.05) is 12.1 Å². The second-order valence-electron chi connectivity index (χ2n) is 4.76. The number of benzene rings is 2. The lowest BCUT2D eigenvalue weighted by Crippen LogP contribution is -2.15. The van der Waals surface area contributed by atoms with E-state index >= 15 is 0 Å². The second-order valence-corrected chi connectivity index (χ2v) is 4.76. The van der Waals surface area contributed by atoms with Crippen LogP contribution < -0.4 is 4.74 Å². The zero-order valence-electron chi connectivity index (χ0n) is 10.6. The van der Waals surface area contributed by atoms with Crippen LogP contribution in [0.4, 0.5) is 0 Å². The Balaban J connectivity index is 1.68. The van der Waals surface area contributed by atoms with Crippen LogP contribution in [0.2, 0.25) is 0 Å². The van der Waals surface area contributed by atoms with Gasteiger partial charge in [0, 0.05) is 19.6 Å². The van der Waals surface area contributed by atoms with Gasteiger partial charge in [-0.3, -0.25) is 4.90 Å². The summed E-state index contributed by atoms with van der Waals surface area (Å²) in [6.07, 6.45) is 0. The van der Waals surface area contributed by atoms with Crippen molar-refractivity contribution in [2.24, 2.45) is 0 Å². The Bertz CT molecular complexity index is 508. The normalized spacial score (nSPS) is 14.5. The summed E-state index contributed by atoms with van der Waals surface area (Å²) >= 11 is 0. The molecule has 2 aromatic carbocycles. The van der Waals surface area contributed by atoms with E-state index < -0.39 is 0 Å². The van der Waals surface area contributed by atoms with Gasteiger partial charge in [0.05, 0.1) is 7.11 Å². The molecule has 0 radical (unpaired) electrons. The van der Waals surface area contributed by atoms with Crippen molar-refractivity contribution in [3.05, 3.63) is 65.2 Å². The molecule has 92 valence electrons. The summed E-state index contributed by atoms with van der Waals surface area (Å²) in [7, 11) is 1.70. The zero-order chi connectivity index (χ0) is 12.4. The Kier molecular flexibility index (Phi) is 3.03. The molecule has 2 heteroatoms. The average Bonchev–Trinajstić information content (AvgIpc) is 2.82. The molecular weight excluding hydrogens is 222 g/mol. The molecule has 1 aliphatic rings. The molecule has 3 rings (SSSR count). The number of hydrogen-bond acceptors (Lipinski definition) is 2. The van der Waals surface area contributed by atoms with Gasteiger partial charge in [0.2, 0.25) is 0 Å². The molecule has 0 aromatic heterocycles. The highest BCUT2D eigenvalue weighted by Gasteiger charge is 2.17. The molecule has 0 fully saturated rings. The molecule has 2 nitrogen and oxygen atoms in total. The van der Waals surface area contributed by atoms with E-state index in [9.17, 15) is 0 Å². The van der Waals surface area contributed by atoms with Gasteiger partial charge in [-0.1, -0.05) is 36.4 Å². The van der Waals surface area contributed by atoms with Crippen LogP contribution in [0.5, 0.6) is 5.75 Å². The number of methoxy groups -OCH3 is 1. The molecule has 18 heavy (non-hydrogen) atoms. The zero-order valence-corrected chi connectivity index (χ0v) is 10.6. The molecule has 0 unspecified atom stereocenters. The minimum absolute atomic E-state index is 0.920. The van der Waals surface area contributed by atoms with Crippen LogP contribution in [0.25, 0.3) is 0 Å². The lowest BCUT2D eigenvalue weighted by Gasteiger charge is -2.14. The molecule has 1 aliphatic heterocycles. The highest BCUT2D eigenvalue weighted by Crippen LogP contribution is 2.24. The Labute approximate surface area is 108 Å². The predicted octanol–water partition coefficient (Wildman–Crippen LogP) is 3.21. The van der Waals surface area contributed by atoms with Crippen LogP contribution in [-0.2, 0) is 19.6 Å². The SMILES string of the molecule is COc1ccc(CN2Cc3ccccc3C2)cc1. The molecule has 0 amide bonds. The van der Waals surface area contributed by atoms with Crippen LogP contribution >= 0.6 is 0 Å². The van der Waals surface area contributed by atoms with Gasteiger partial charge in [-0.2, -0.15) is 0 Å². The maximum atomic E-state index is 5.18.